The second-order valence-electron chi connectivity index (χ2n) is 3.59. The third kappa shape index (κ3) is 1.62. The van der Waals surface area contributed by atoms with Gasteiger partial charge in [0.2, 0.25) is 0 Å². The highest BCUT2D eigenvalue weighted by Crippen LogP contribution is 2.22. The van der Waals surface area contributed by atoms with Crippen molar-refractivity contribution in [2.45, 2.75) is 31.7 Å². The number of piperidine rings is 1. The van der Waals surface area contributed by atoms with Crippen LogP contribution < -0.4 is 5.32 Å². The molecule has 2 rings (SSSR count). The van der Waals surface area contributed by atoms with E-state index < -0.39 is 0 Å². The monoisotopic (exact) mass is 152 g/mol. The maximum atomic E-state index is 4.37. The summed E-state index contributed by atoms with van der Waals surface area (Å²) in [5.41, 5.74) is 0. The van der Waals surface area contributed by atoms with E-state index in [1.165, 1.54) is 32.2 Å². The molecule has 2 aliphatic rings. The van der Waals surface area contributed by atoms with Gasteiger partial charge in [-0.25, -0.2) is 0 Å². The van der Waals surface area contributed by atoms with Crippen molar-refractivity contribution < 1.29 is 0 Å². The van der Waals surface area contributed by atoms with Gasteiger partial charge in [-0.2, -0.15) is 0 Å². The van der Waals surface area contributed by atoms with Gasteiger partial charge in [-0.3, -0.25) is 4.99 Å². The molecule has 2 aliphatic heterocycles. The van der Waals surface area contributed by atoms with Crippen LogP contribution in [0.1, 0.15) is 25.7 Å². The van der Waals surface area contributed by atoms with Crippen molar-refractivity contribution in [1.29, 1.82) is 0 Å². The zero-order valence-electron chi connectivity index (χ0n) is 6.92. The largest absolute Gasteiger partial charge is 0.312 e. The summed E-state index contributed by atoms with van der Waals surface area (Å²) in [5.74, 6) is 0.909. The summed E-state index contributed by atoms with van der Waals surface area (Å²) < 4.78 is 0. The van der Waals surface area contributed by atoms with E-state index in [1.54, 1.807) is 0 Å². The van der Waals surface area contributed by atoms with Crippen LogP contribution in [0, 0.1) is 5.92 Å². The Labute approximate surface area is 68.1 Å². The minimum absolute atomic E-state index is 0.697. The summed E-state index contributed by atoms with van der Waals surface area (Å²) >= 11 is 0. The highest BCUT2D eigenvalue weighted by atomic mass is 15.0. The van der Waals surface area contributed by atoms with Crippen LogP contribution >= 0.6 is 0 Å². The van der Waals surface area contributed by atoms with Crippen molar-refractivity contribution in [1.82, 2.24) is 5.32 Å². The van der Waals surface area contributed by atoms with E-state index in [0.29, 0.717) is 6.04 Å². The SMILES string of the molecule is C1=NCC2NCCCC2CC1. The highest BCUT2D eigenvalue weighted by Gasteiger charge is 2.24. The normalized spacial score (nSPS) is 37.8. The maximum Gasteiger partial charge on any atom is 0.0541 e. The predicted molar refractivity (Wildman–Crippen MR) is 47.1 cm³/mol. The first-order valence-corrected chi connectivity index (χ1v) is 4.68. The van der Waals surface area contributed by atoms with Gasteiger partial charge in [0.15, 0.2) is 0 Å². The van der Waals surface area contributed by atoms with E-state index in [2.05, 4.69) is 16.5 Å². The molecular formula is C9H16N2. The number of aliphatic imine (C=N–C) groups is 1. The Kier molecular flexibility index (Phi) is 2.22. The summed E-state index contributed by atoms with van der Waals surface area (Å²) in [5, 5.41) is 3.55. The van der Waals surface area contributed by atoms with Gasteiger partial charge in [0, 0.05) is 6.04 Å². The fraction of sp³-hybridized carbons (Fsp3) is 0.889. The average Bonchev–Trinajstić information content (AvgIpc) is 2.28. The molecule has 2 nitrogen and oxygen atoms in total. The predicted octanol–water partition coefficient (Wildman–Crippen LogP) is 1.22. The van der Waals surface area contributed by atoms with Gasteiger partial charge in [-0.1, -0.05) is 0 Å². The number of fused-ring (bicyclic) bond motifs is 1. The molecule has 2 atom stereocenters. The number of rotatable bonds is 0. The zero-order chi connectivity index (χ0) is 7.52. The molecule has 0 aromatic carbocycles. The van der Waals surface area contributed by atoms with E-state index in [0.717, 1.165) is 12.5 Å². The molecule has 2 heterocycles. The van der Waals surface area contributed by atoms with Crippen LogP contribution in [-0.2, 0) is 0 Å². The first kappa shape index (κ1) is 7.29. The summed E-state index contributed by atoms with van der Waals surface area (Å²) in [6.45, 7) is 2.22. The fourth-order valence-electron chi connectivity index (χ4n) is 2.15. The molecule has 0 saturated carbocycles. The number of nitrogens with zero attached hydrogens (tertiary/aromatic N) is 1. The van der Waals surface area contributed by atoms with Gasteiger partial charge >= 0.3 is 0 Å². The van der Waals surface area contributed by atoms with Crippen molar-refractivity contribution in [3.63, 3.8) is 0 Å². The summed E-state index contributed by atoms with van der Waals surface area (Å²) in [6, 6.07) is 0.697. The Morgan fingerprint density at radius 3 is 3.36 bits per heavy atom. The molecule has 2 heteroatoms. The molecule has 0 amide bonds. The Morgan fingerprint density at radius 2 is 2.36 bits per heavy atom. The molecule has 0 bridgehead atoms. The molecule has 1 saturated heterocycles. The number of hydrogen-bond acceptors (Lipinski definition) is 2. The topological polar surface area (TPSA) is 24.4 Å². The minimum atomic E-state index is 0.697. The molecule has 0 aromatic heterocycles. The molecule has 0 aromatic rings. The lowest BCUT2D eigenvalue weighted by molar-refractivity contribution is 0.279. The van der Waals surface area contributed by atoms with Crippen LogP contribution in [0.3, 0.4) is 0 Å². The summed E-state index contributed by atoms with van der Waals surface area (Å²) in [4.78, 5) is 4.37. The van der Waals surface area contributed by atoms with Crippen molar-refractivity contribution in [3.8, 4) is 0 Å². The summed E-state index contributed by atoms with van der Waals surface area (Å²) in [6.07, 6.45) is 7.42. The van der Waals surface area contributed by atoms with E-state index in [-0.39, 0.29) is 0 Å². The fourth-order valence-corrected chi connectivity index (χ4v) is 2.15. The highest BCUT2D eigenvalue weighted by molar-refractivity contribution is 5.57. The molecule has 0 spiro atoms. The zero-order valence-corrected chi connectivity index (χ0v) is 6.92. The van der Waals surface area contributed by atoms with Crippen molar-refractivity contribution in [2.75, 3.05) is 13.1 Å². The van der Waals surface area contributed by atoms with Gasteiger partial charge < -0.3 is 5.32 Å². The molecule has 62 valence electrons. The molecule has 2 unspecified atom stereocenters. The smallest absolute Gasteiger partial charge is 0.0541 e. The van der Waals surface area contributed by atoms with E-state index in [4.69, 9.17) is 0 Å². The lowest BCUT2D eigenvalue weighted by Gasteiger charge is -2.30. The van der Waals surface area contributed by atoms with Crippen LogP contribution in [0.15, 0.2) is 4.99 Å². The standard InChI is InChI=1S/C9H16N2/c1-3-8-4-2-6-11-9(8)7-10-5-1/h5,8-9,11H,1-4,6-7H2. The maximum absolute atomic E-state index is 4.37. The third-order valence-corrected chi connectivity index (χ3v) is 2.83. The molecule has 11 heavy (non-hydrogen) atoms. The Bertz CT molecular complexity index is 154. The molecule has 1 N–H and O–H groups in total. The van der Waals surface area contributed by atoms with Crippen LogP contribution in [0.4, 0.5) is 0 Å². The Morgan fingerprint density at radius 1 is 1.36 bits per heavy atom. The lowest BCUT2D eigenvalue weighted by atomic mass is 9.88. The van der Waals surface area contributed by atoms with Crippen LogP contribution in [0.5, 0.6) is 0 Å². The minimum Gasteiger partial charge on any atom is -0.312 e. The second kappa shape index (κ2) is 3.35. The van der Waals surface area contributed by atoms with Gasteiger partial charge in [0.25, 0.3) is 0 Å². The van der Waals surface area contributed by atoms with Gasteiger partial charge in [0.05, 0.1) is 6.54 Å². The summed E-state index contributed by atoms with van der Waals surface area (Å²) in [7, 11) is 0. The van der Waals surface area contributed by atoms with Crippen molar-refractivity contribution in [2.24, 2.45) is 10.9 Å². The number of hydrogen-bond donors (Lipinski definition) is 1. The van der Waals surface area contributed by atoms with Crippen LogP contribution in [0.2, 0.25) is 0 Å². The van der Waals surface area contributed by atoms with Crippen LogP contribution in [-0.4, -0.2) is 25.3 Å². The van der Waals surface area contributed by atoms with Crippen molar-refractivity contribution >= 4 is 6.21 Å². The average molecular weight is 152 g/mol. The number of nitrogens with one attached hydrogen (secondary N) is 1. The lowest BCUT2D eigenvalue weighted by Crippen LogP contribution is -2.42. The van der Waals surface area contributed by atoms with E-state index >= 15 is 0 Å². The second-order valence-corrected chi connectivity index (χ2v) is 3.59. The van der Waals surface area contributed by atoms with Crippen LogP contribution in [0.25, 0.3) is 0 Å². The van der Waals surface area contributed by atoms with Gasteiger partial charge in [-0.15, -0.1) is 0 Å². The Balaban J connectivity index is 1.98. The molecule has 1 fully saturated rings. The molecule has 0 aliphatic carbocycles. The van der Waals surface area contributed by atoms with Crippen molar-refractivity contribution in [3.05, 3.63) is 0 Å². The van der Waals surface area contributed by atoms with Gasteiger partial charge in [-0.05, 0) is 44.4 Å². The van der Waals surface area contributed by atoms with E-state index in [9.17, 15) is 0 Å². The van der Waals surface area contributed by atoms with E-state index in [1.807, 2.05) is 0 Å². The third-order valence-electron chi connectivity index (χ3n) is 2.83. The van der Waals surface area contributed by atoms with Gasteiger partial charge in [0.1, 0.15) is 0 Å². The Hall–Kier alpha value is -0.370. The molecule has 0 radical (unpaired) electrons. The quantitative estimate of drug-likeness (QED) is 0.554. The molecular weight excluding hydrogens is 136 g/mol. The first-order valence-electron chi connectivity index (χ1n) is 4.68. The first-order chi connectivity index (χ1) is 5.47.